The molecule has 2 rings (SSSR count). The monoisotopic (exact) mass is 231 g/mol. The number of hydrogen-bond acceptors (Lipinski definition) is 1. The fraction of sp³-hybridized carbons (Fsp3) is 0.688. The first-order valence-electron chi connectivity index (χ1n) is 7.32. The van der Waals surface area contributed by atoms with Gasteiger partial charge in [-0.05, 0) is 44.2 Å². The second kappa shape index (κ2) is 6.78. The van der Waals surface area contributed by atoms with E-state index in [0.717, 1.165) is 0 Å². The van der Waals surface area contributed by atoms with E-state index in [-0.39, 0.29) is 0 Å². The summed E-state index contributed by atoms with van der Waals surface area (Å²) in [4.78, 5) is 4.74. The molecule has 0 N–H and O–H groups in total. The Balaban J connectivity index is 2.05. The average molecular weight is 231 g/mol. The van der Waals surface area contributed by atoms with Crippen LogP contribution in [0.2, 0.25) is 0 Å². The summed E-state index contributed by atoms with van der Waals surface area (Å²) in [7, 11) is 0. The Morgan fingerprint density at radius 3 is 2.06 bits per heavy atom. The van der Waals surface area contributed by atoms with Gasteiger partial charge in [-0.3, -0.25) is 4.98 Å². The van der Waals surface area contributed by atoms with Gasteiger partial charge >= 0.3 is 0 Å². The number of fused-ring (bicyclic) bond motifs is 1. The zero-order valence-electron chi connectivity index (χ0n) is 11.2. The molecule has 17 heavy (non-hydrogen) atoms. The molecule has 0 aliphatic heterocycles. The summed E-state index contributed by atoms with van der Waals surface area (Å²) in [5.41, 5.74) is 4.07. The topological polar surface area (TPSA) is 12.9 Å². The SMILES string of the molecule is Cc1ccc2c(n1)CCCCCCCCCC2. The molecular weight excluding hydrogens is 206 g/mol. The van der Waals surface area contributed by atoms with Gasteiger partial charge in [-0.2, -0.15) is 0 Å². The van der Waals surface area contributed by atoms with Gasteiger partial charge < -0.3 is 0 Å². The first-order chi connectivity index (χ1) is 8.36. The second-order valence-corrected chi connectivity index (χ2v) is 5.39. The molecule has 0 bridgehead atoms. The van der Waals surface area contributed by atoms with Crippen LogP contribution in [0.3, 0.4) is 0 Å². The molecule has 0 spiro atoms. The van der Waals surface area contributed by atoms with Gasteiger partial charge in [-0.1, -0.05) is 44.6 Å². The smallest absolute Gasteiger partial charge is 0.0438 e. The third kappa shape index (κ3) is 4.14. The molecule has 1 aliphatic carbocycles. The van der Waals surface area contributed by atoms with Crippen LogP contribution in [0, 0.1) is 6.92 Å². The summed E-state index contributed by atoms with van der Waals surface area (Å²) in [6.07, 6.45) is 13.6. The second-order valence-electron chi connectivity index (χ2n) is 5.39. The van der Waals surface area contributed by atoms with E-state index < -0.39 is 0 Å². The van der Waals surface area contributed by atoms with Crippen molar-refractivity contribution in [2.75, 3.05) is 0 Å². The van der Waals surface area contributed by atoms with Crippen LogP contribution >= 0.6 is 0 Å². The molecule has 0 saturated carbocycles. The van der Waals surface area contributed by atoms with Gasteiger partial charge in [0.1, 0.15) is 0 Å². The highest BCUT2D eigenvalue weighted by molar-refractivity contribution is 5.23. The van der Waals surface area contributed by atoms with Crippen molar-refractivity contribution in [3.8, 4) is 0 Å². The van der Waals surface area contributed by atoms with Gasteiger partial charge in [-0.15, -0.1) is 0 Å². The standard InChI is InChI=1S/C16H25N/c1-14-12-13-15-10-8-6-4-2-3-5-7-9-11-16(15)17-14/h12-13H,2-11H2,1H3. The third-order valence-electron chi connectivity index (χ3n) is 3.82. The molecule has 0 aromatic carbocycles. The number of pyridine rings is 1. The molecule has 0 amide bonds. The molecule has 1 nitrogen and oxygen atoms in total. The van der Waals surface area contributed by atoms with Crippen LogP contribution in [0.5, 0.6) is 0 Å². The summed E-state index contributed by atoms with van der Waals surface area (Å²) >= 11 is 0. The van der Waals surface area contributed by atoms with Crippen molar-refractivity contribution in [2.45, 2.75) is 71.1 Å². The van der Waals surface area contributed by atoms with Gasteiger partial charge in [0.15, 0.2) is 0 Å². The lowest BCUT2D eigenvalue weighted by molar-refractivity contribution is 0.556. The molecule has 1 aromatic rings. The summed E-state index contributed by atoms with van der Waals surface area (Å²) in [6, 6.07) is 4.48. The highest BCUT2D eigenvalue weighted by atomic mass is 14.7. The van der Waals surface area contributed by atoms with E-state index >= 15 is 0 Å². The Morgan fingerprint density at radius 2 is 1.35 bits per heavy atom. The van der Waals surface area contributed by atoms with Crippen molar-refractivity contribution < 1.29 is 0 Å². The molecule has 1 aromatic heterocycles. The number of aromatic nitrogens is 1. The molecule has 1 heterocycles. The highest BCUT2D eigenvalue weighted by Gasteiger charge is 2.06. The summed E-state index contributed by atoms with van der Waals surface area (Å²) in [5.74, 6) is 0. The summed E-state index contributed by atoms with van der Waals surface area (Å²) < 4.78 is 0. The Hall–Kier alpha value is -0.850. The zero-order chi connectivity index (χ0) is 11.9. The van der Waals surface area contributed by atoms with Crippen molar-refractivity contribution in [2.24, 2.45) is 0 Å². The van der Waals surface area contributed by atoms with Gasteiger partial charge in [0.2, 0.25) is 0 Å². The largest absolute Gasteiger partial charge is 0.258 e. The van der Waals surface area contributed by atoms with Crippen molar-refractivity contribution in [3.05, 3.63) is 29.1 Å². The predicted octanol–water partition coefficient (Wildman–Crippen LogP) is 4.61. The predicted molar refractivity (Wildman–Crippen MR) is 73.3 cm³/mol. The van der Waals surface area contributed by atoms with Crippen molar-refractivity contribution in [3.63, 3.8) is 0 Å². The fourth-order valence-corrected chi connectivity index (χ4v) is 2.75. The highest BCUT2D eigenvalue weighted by Crippen LogP contribution is 2.18. The van der Waals surface area contributed by atoms with E-state index in [9.17, 15) is 0 Å². The number of rotatable bonds is 0. The number of nitrogens with zero attached hydrogens (tertiary/aromatic N) is 1. The van der Waals surface area contributed by atoms with E-state index in [2.05, 4.69) is 19.1 Å². The number of aryl methyl sites for hydroxylation is 3. The van der Waals surface area contributed by atoms with E-state index in [1.807, 2.05) is 0 Å². The lowest BCUT2D eigenvalue weighted by Crippen LogP contribution is -2.01. The minimum Gasteiger partial charge on any atom is -0.258 e. The van der Waals surface area contributed by atoms with Crippen LogP contribution in [0.15, 0.2) is 12.1 Å². The minimum absolute atomic E-state index is 1.18. The van der Waals surface area contributed by atoms with E-state index in [4.69, 9.17) is 4.98 Å². The van der Waals surface area contributed by atoms with Crippen molar-refractivity contribution in [1.29, 1.82) is 0 Å². The van der Waals surface area contributed by atoms with Gasteiger partial charge in [-0.25, -0.2) is 0 Å². The first kappa shape index (κ1) is 12.6. The lowest BCUT2D eigenvalue weighted by Gasteiger charge is -2.11. The minimum atomic E-state index is 1.18. The van der Waals surface area contributed by atoms with Gasteiger partial charge in [0.05, 0.1) is 0 Å². The Labute approximate surface area is 106 Å². The van der Waals surface area contributed by atoms with Crippen LogP contribution < -0.4 is 0 Å². The van der Waals surface area contributed by atoms with Crippen LogP contribution in [0.4, 0.5) is 0 Å². The normalized spacial score (nSPS) is 18.9. The molecule has 0 atom stereocenters. The first-order valence-corrected chi connectivity index (χ1v) is 7.32. The van der Waals surface area contributed by atoms with Gasteiger partial charge in [0.25, 0.3) is 0 Å². The zero-order valence-corrected chi connectivity index (χ0v) is 11.2. The van der Waals surface area contributed by atoms with Crippen LogP contribution in [0.25, 0.3) is 0 Å². The quantitative estimate of drug-likeness (QED) is 0.635. The Morgan fingerprint density at radius 1 is 0.765 bits per heavy atom. The summed E-state index contributed by atoms with van der Waals surface area (Å²) in [5, 5.41) is 0. The Bertz CT molecular complexity index is 343. The average Bonchev–Trinajstić information content (AvgIpc) is 2.31. The number of hydrogen-bond donors (Lipinski definition) is 0. The van der Waals surface area contributed by atoms with Crippen LogP contribution in [-0.4, -0.2) is 4.98 Å². The fourth-order valence-electron chi connectivity index (χ4n) is 2.75. The molecular formula is C16H25N. The van der Waals surface area contributed by atoms with Crippen molar-refractivity contribution in [1.82, 2.24) is 4.98 Å². The third-order valence-corrected chi connectivity index (χ3v) is 3.82. The maximum absolute atomic E-state index is 4.74. The molecule has 0 saturated heterocycles. The van der Waals surface area contributed by atoms with E-state index in [1.165, 1.54) is 81.2 Å². The van der Waals surface area contributed by atoms with E-state index in [0.29, 0.717) is 0 Å². The van der Waals surface area contributed by atoms with Gasteiger partial charge in [0, 0.05) is 11.4 Å². The molecule has 1 aliphatic rings. The maximum Gasteiger partial charge on any atom is 0.0438 e. The molecule has 94 valence electrons. The molecule has 0 unspecified atom stereocenters. The van der Waals surface area contributed by atoms with Crippen molar-refractivity contribution >= 4 is 0 Å². The maximum atomic E-state index is 4.74. The van der Waals surface area contributed by atoms with Crippen LogP contribution in [0.1, 0.15) is 68.3 Å². The van der Waals surface area contributed by atoms with E-state index in [1.54, 1.807) is 0 Å². The lowest BCUT2D eigenvalue weighted by atomic mass is 9.98. The van der Waals surface area contributed by atoms with Crippen LogP contribution in [-0.2, 0) is 12.8 Å². The Kier molecular flexibility index (Phi) is 5.03. The molecule has 0 radical (unpaired) electrons. The molecule has 1 heteroatoms. The summed E-state index contributed by atoms with van der Waals surface area (Å²) in [6.45, 7) is 2.11. The molecule has 0 fully saturated rings.